The van der Waals surface area contributed by atoms with Crippen LogP contribution in [0.2, 0.25) is 5.02 Å². The molecule has 0 bridgehead atoms. The number of hydrogen-bond donors (Lipinski definition) is 0. The predicted octanol–water partition coefficient (Wildman–Crippen LogP) is 3.37. The van der Waals surface area contributed by atoms with Crippen LogP contribution in [0, 0.1) is 10.7 Å². The summed E-state index contributed by atoms with van der Waals surface area (Å²) in [5.74, 6) is 1.65. The molecule has 0 N–H and O–H groups in total. The van der Waals surface area contributed by atoms with Crippen molar-refractivity contribution in [3.05, 3.63) is 34.1 Å². The molecule has 1 aromatic heterocycles. The number of benzene rings is 1. The Bertz CT molecular complexity index is 964. The monoisotopic (exact) mass is 428 g/mol. The molecule has 27 heavy (non-hydrogen) atoms. The van der Waals surface area contributed by atoms with Crippen LogP contribution in [0.5, 0.6) is 0 Å². The van der Waals surface area contributed by atoms with Gasteiger partial charge >= 0.3 is 0 Å². The Morgan fingerprint density at radius 3 is 2.56 bits per heavy atom. The van der Waals surface area contributed by atoms with E-state index in [2.05, 4.69) is 18.7 Å². The lowest BCUT2D eigenvalue weighted by atomic mass is 10.1. The van der Waals surface area contributed by atoms with Crippen molar-refractivity contribution in [3.8, 4) is 11.4 Å². The van der Waals surface area contributed by atoms with Gasteiger partial charge in [-0.2, -0.15) is 5.10 Å². The van der Waals surface area contributed by atoms with Crippen molar-refractivity contribution in [3.63, 3.8) is 0 Å². The molecular formula is C18H25ClN4O2S2. The maximum atomic E-state index is 11.9. The van der Waals surface area contributed by atoms with E-state index in [0.29, 0.717) is 28.8 Å². The van der Waals surface area contributed by atoms with Crippen LogP contribution in [0.1, 0.15) is 20.3 Å². The summed E-state index contributed by atoms with van der Waals surface area (Å²) in [6.45, 7) is 5.55. The van der Waals surface area contributed by atoms with Gasteiger partial charge in [0.05, 0.1) is 18.2 Å². The van der Waals surface area contributed by atoms with Crippen molar-refractivity contribution >= 4 is 33.7 Å². The number of halogens is 1. The van der Waals surface area contributed by atoms with E-state index in [0.717, 1.165) is 17.9 Å². The Morgan fingerprint density at radius 1 is 1.33 bits per heavy atom. The number of sulfone groups is 1. The van der Waals surface area contributed by atoms with E-state index < -0.39 is 9.84 Å². The minimum absolute atomic E-state index is 0.0142. The quantitative estimate of drug-likeness (QED) is 0.660. The summed E-state index contributed by atoms with van der Waals surface area (Å²) in [5, 5.41) is 5.38. The lowest BCUT2D eigenvalue weighted by molar-refractivity contribution is 0.137. The first-order chi connectivity index (χ1) is 12.7. The molecule has 6 nitrogen and oxygen atoms in total. The molecule has 1 atom stereocenters. The molecule has 0 saturated carbocycles. The molecule has 1 fully saturated rings. The van der Waals surface area contributed by atoms with Gasteiger partial charge in [0.15, 0.2) is 20.4 Å². The fourth-order valence-electron chi connectivity index (χ4n) is 3.46. The molecule has 1 aliphatic rings. The molecule has 148 valence electrons. The number of nitrogens with zero attached hydrogens (tertiary/aromatic N) is 4. The second kappa shape index (κ2) is 8.03. The summed E-state index contributed by atoms with van der Waals surface area (Å²) in [6, 6.07) is 7.50. The van der Waals surface area contributed by atoms with Gasteiger partial charge in [0.2, 0.25) is 0 Å². The van der Waals surface area contributed by atoms with Gasteiger partial charge in [-0.25, -0.2) is 13.1 Å². The maximum Gasteiger partial charge on any atom is 0.199 e. The normalized spacial score (nSPS) is 19.3. The first-order valence-corrected chi connectivity index (χ1v) is 11.6. The van der Waals surface area contributed by atoms with Gasteiger partial charge in [-0.1, -0.05) is 25.4 Å². The predicted molar refractivity (Wildman–Crippen MR) is 111 cm³/mol. The van der Waals surface area contributed by atoms with E-state index in [1.165, 1.54) is 0 Å². The summed E-state index contributed by atoms with van der Waals surface area (Å²) in [6.07, 6.45) is 0.666. The summed E-state index contributed by atoms with van der Waals surface area (Å²) < 4.78 is 28.1. The van der Waals surface area contributed by atoms with Crippen LogP contribution >= 0.6 is 23.8 Å². The Kier molecular flexibility index (Phi) is 6.10. The van der Waals surface area contributed by atoms with E-state index in [9.17, 15) is 8.42 Å². The Morgan fingerprint density at radius 2 is 2.00 bits per heavy atom. The minimum Gasteiger partial charge on any atom is -0.303 e. The van der Waals surface area contributed by atoms with Gasteiger partial charge < -0.3 is 4.57 Å². The van der Waals surface area contributed by atoms with Crippen molar-refractivity contribution < 1.29 is 8.42 Å². The van der Waals surface area contributed by atoms with Crippen molar-refractivity contribution in [2.45, 2.75) is 33.0 Å². The molecular weight excluding hydrogens is 404 g/mol. The first-order valence-electron chi connectivity index (χ1n) is 9.00. The second-order valence-corrected chi connectivity index (χ2v) is 10.6. The van der Waals surface area contributed by atoms with Gasteiger partial charge in [0, 0.05) is 30.2 Å². The Hall–Kier alpha value is -1.22. The van der Waals surface area contributed by atoms with Crippen LogP contribution in [0.15, 0.2) is 24.3 Å². The lowest BCUT2D eigenvalue weighted by Gasteiger charge is -2.29. The van der Waals surface area contributed by atoms with Gasteiger partial charge in [-0.15, -0.1) is 0 Å². The Balaban J connectivity index is 1.89. The third-order valence-corrected chi connectivity index (χ3v) is 7.27. The highest BCUT2D eigenvalue weighted by molar-refractivity contribution is 7.91. The molecule has 1 aromatic carbocycles. The van der Waals surface area contributed by atoms with E-state index >= 15 is 0 Å². The lowest BCUT2D eigenvalue weighted by Crippen LogP contribution is -2.40. The van der Waals surface area contributed by atoms with Crippen LogP contribution in [-0.4, -0.2) is 51.8 Å². The highest BCUT2D eigenvalue weighted by atomic mass is 35.5. The number of hydrogen-bond acceptors (Lipinski definition) is 5. The molecule has 2 aromatic rings. The van der Waals surface area contributed by atoms with Crippen molar-refractivity contribution in [1.29, 1.82) is 0 Å². The molecule has 0 radical (unpaired) electrons. The van der Waals surface area contributed by atoms with E-state index in [1.807, 2.05) is 35.9 Å². The average Bonchev–Trinajstić information content (AvgIpc) is 3.09. The third-order valence-electron chi connectivity index (χ3n) is 4.78. The van der Waals surface area contributed by atoms with E-state index in [-0.39, 0.29) is 17.5 Å². The molecule has 0 unspecified atom stereocenters. The first kappa shape index (κ1) is 20.5. The van der Waals surface area contributed by atoms with Crippen LogP contribution in [0.25, 0.3) is 11.4 Å². The van der Waals surface area contributed by atoms with Crippen molar-refractivity contribution in [2.75, 3.05) is 18.1 Å². The molecule has 2 heterocycles. The molecule has 0 amide bonds. The zero-order valence-corrected chi connectivity index (χ0v) is 18.2. The summed E-state index contributed by atoms with van der Waals surface area (Å²) in [7, 11) is -1.05. The highest BCUT2D eigenvalue weighted by Crippen LogP contribution is 2.22. The maximum absolute atomic E-state index is 11.9. The standard InChI is InChI=1S/C18H25ClN4O2S2/c1-13(2)10-22(16-8-9-27(24,25)11-16)12-23-18(26)21(3)17(20-23)14-4-6-15(19)7-5-14/h4-7,13,16H,8-12H2,1-3H3/t16-/m1/s1. The van der Waals surface area contributed by atoms with Gasteiger partial charge in [-0.05, 0) is 48.8 Å². The van der Waals surface area contributed by atoms with Crippen LogP contribution in [-0.2, 0) is 23.6 Å². The summed E-state index contributed by atoms with van der Waals surface area (Å²) in [4.78, 5) is 2.20. The van der Waals surface area contributed by atoms with Crippen LogP contribution in [0.3, 0.4) is 0 Å². The van der Waals surface area contributed by atoms with Crippen LogP contribution in [0.4, 0.5) is 0 Å². The second-order valence-electron chi connectivity index (χ2n) is 7.54. The Labute approximate surface area is 170 Å². The smallest absolute Gasteiger partial charge is 0.199 e. The fraction of sp³-hybridized carbons (Fsp3) is 0.556. The topological polar surface area (TPSA) is 60.1 Å². The zero-order chi connectivity index (χ0) is 19.8. The SMILES string of the molecule is CC(C)CN(Cn1nc(-c2ccc(Cl)cc2)n(C)c1=S)[C@@H]1CCS(=O)(=O)C1. The third kappa shape index (κ3) is 4.80. The molecule has 1 saturated heterocycles. The fourth-order valence-corrected chi connectivity index (χ4v) is 5.53. The zero-order valence-electron chi connectivity index (χ0n) is 15.8. The summed E-state index contributed by atoms with van der Waals surface area (Å²) in [5.41, 5.74) is 0.936. The highest BCUT2D eigenvalue weighted by Gasteiger charge is 2.33. The molecule has 0 aliphatic carbocycles. The molecule has 3 rings (SSSR count). The summed E-state index contributed by atoms with van der Waals surface area (Å²) >= 11 is 11.6. The average molecular weight is 429 g/mol. The number of aromatic nitrogens is 3. The van der Waals surface area contributed by atoms with Crippen LogP contribution < -0.4 is 0 Å². The van der Waals surface area contributed by atoms with Crippen molar-refractivity contribution in [2.24, 2.45) is 13.0 Å². The van der Waals surface area contributed by atoms with E-state index in [1.54, 1.807) is 4.68 Å². The molecule has 0 spiro atoms. The van der Waals surface area contributed by atoms with Gasteiger partial charge in [0.25, 0.3) is 0 Å². The minimum atomic E-state index is -2.94. The van der Waals surface area contributed by atoms with Gasteiger partial charge in [0.1, 0.15) is 0 Å². The number of rotatable bonds is 6. The van der Waals surface area contributed by atoms with E-state index in [4.69, 9.17) is 28.9 Å². The van der Waals surface area contributed by atoms with Crippen molar-refractivity contribution in [1.82, 2.24) is 19.2 Å². The molecule has 9 heteroatoms. The van der Waals surface area contributed by atoms with Gasteiger partial charge in [-0.3, -0.25) is 4.90 Å². The molecule has 1 aliphatic heterocycles. The largest absolute Gasteiger partial charge is 0.303 e.